The van der Waals surface area contributed by atoms with Gasteiger partial charge in [0.15, 0.2) is 0 Å². The van der Waals surface area contributed by atoms with Gasteiger partial charge in [0.05, 0.1) is 12.1 Å². The summed E-state index contributed by atoms with van der Waals surface area (Å²) >= 11 is 5.99. The van der Waals surface area contributed by atoms with E-state index < -0.39 is 0 Å². The Morgan fingerprint density at radius 1 is 1.52 bits per heavy atom. The highest BCUT2D eigenvalue weighted by molar-refractivity contribution is 6.31. The Labute approximate surface area is 128 Å². The average molecular weight is 305 g/mol. The van der Waals surface area contributed by atoms with E-state index in [9.17, 15) is 4.79 Å². The van der Waals surface area contributed by atoms with Crippen molar-refractivity contribution in [2.45, 2.75) is 25.4 Å². The Bertz CT molecular complexity index is 678. The van der Waals surface area contributed by atoms with E-state index in [1.54, 1.807) is 24.4 Å². The predicted octanol–water partition coefficient (Wildman–Crippen LogP) is 2.46. The van der Waals surface area contributed by atoms with Gasteiger partial charge in [-0.2, -0.15) is 0 Å². The van der Waals surface area contributed by atoms with Crippen LogP contribution in [0, 0.1) is 0 Å². The number of hydrogen-bond acceptors (Lipinski definition) is 3. The number of carbonyl (C=O) groups is 1. The van der Waals surface area contributed by atoms with Crippen molar-refractivity contribution in [2.24, 2.45) is 7.05 Å². The maximum atomic E-state index is 12.8. The van der Waals surface area contributed by atoms with Gasteiger partial charge in [-0.3, -0.25) is 4.79 Å². The van der Waals surface area contributed by atoms with Gasteiger partial charge >= 0.3 is 0 Å². The van der Waals surface area contributed by atoms with Crippen LogP contribution < -0.4 is 5.73 Å². The summed E-state index contributed by atoms with van der Waals surface area (Å²) in [4.78, 5) is 18.9. The molecule has 1 amide bonds. The number of hydrogen-bond donors (Lipinski definition) is 1. The number of nitrogens with two attached hydrogens (primary N) is 1. The first kappa shape index (κ1) is 13.9. The molecular weight excluding hydrogens is 288 g/mol. The second-order valence-corrected chi connectivity index (χ2v) is 5.79. The zero-order valence-corrected chi connectivity index (χ0v) is 12.5. The molecule has 0 aliphatic heterocycles. The van der Waals surface area contributed by atoms with Gasteiger partial charge in [-0.15, -0.1) is 0 Å². The number of imidazole rings is 1. The van der Waals surface area contributed by atoms with Crippen LogP contribution in [-0.4, -0.2) is 26.4 Å². The van der Waals surface area contributed by atoms with Crippen LogP contribution in [0.3, 0.4) is 0 Å². The van der Waals surface area contributed by atoms with E-state index in [0.29, 0.717) is 22.8 Å². The zero-order valence-electron chi connectivity index (χ0n) is 11.8. The number of aryl methyl sites for hydroxylation is 1. The largest absolute Gasteiger partial charge is 0.398 e. The minimum absolute atomic E-state index is 0.0829. The number of anilines is 1. The van der Waals surface area contributed by atoms with Gasteiger partial charge in [-0.05, 0) is 31.0 Å². The van der Waals surface area contributed by atoms with Crippen LogP contribution in [-0.2, 0) is 13.6 Å². The number of aromatic nitrogens is 2. The molecule has 0 unspecified atom stereocenters. The Hall–Kier alpha value is -2.01. The molecule has 0 atom stereocenters. The fourth-order valence-electron chi connectivity index (χ4n) is 2.32. The predicted molar refractivity (Wildman–Crippen MR) is 82.0 cm³/mol. The van der Waals surface area contributed by atoms with E-state index in [2.05, 4.69) is 4.98 Å². The van der Waals surface area contributed by atoms with Crippen LogP contribution in [0.15, 0.2) is 30.6 Å². The minimum atomic E-state index is -0.0829. The number of benzene rings is 1. The van der Waals surface area contributed by atoms with Crippen molar-refractivity contribution >= 4 is 23.2 Å². The maximum Gasteiger partial charge on any atom is 0.256 e. The number of nitrogens with zero attached hydrogens (tertiary/aromatic N) is 3. The lowest BCUT2D eigenvalue weighted by Gasteiger charge is -2.23. The van der Waals surface area contributed by atoms with E-state index in [1.807, 2.05) is 22.7 Å². The van der Waals surface area contributed by atoms with Crippen LogP contribution in [0.2, 0.25) is 5.02 Å². The van der Waals surface area contributed by atoms with E-state index >= 15 is 0 Å². The Balaban J connectivity index is 1.88. The lowest BCUT2D eigenvalue weighted by molar-refractivity contribution is 0.0725. The summed E-state index contributed by atoms with van der Waals surface area (Å²) in [7, 11) is 1.92. The number of halogens is 1. The highest BCUT2D eigenvalue weighted by Gasteiger charge is 2.34. The summed E-state index contributed by atoms with van der Waals surface area (Å²) in [6.45, 7) is 0.485. The molecule has 2 N–H and O–H groups in total. The van der Waals surface area contributed by atoms with Gasteiger partial charge in [0.2, 0.25) is 0 Å². The van der Waals surface area contributed by atoms with Crippen molar-refractivity contribution in [3.63, 3.8) is 0 Å². The molecular formula is C15H17ClN4O. The monoisotopic (exact) mass is 304 g/mol. The Morgan fingerprint density at radius 3 is 2.90 bits per heavy atom. The third-order valence-electron chi connectivity index (χ3n) is 3.73. The van der Waals surface area contributed by atoms with Crippen molar-refractivity contribution in [1.82, 2.24) is 14.5 Å². The molecule has 21 heavy (non-hydrogen) atoms. The van der Waals surface area contributed by atoms with Crippen LogP contribution in [0.25, 0.3) is 0 Å². The van der Waals surface area contributed by atoms with Gasteiger partial charge in [0.1, 0.15) is 5.82 Å². The molecule has 1 aliphatic carbocycles. The third-order valence-corrected chi connectivity index (χ3v) is 3.96. The van der Waals surface area contributed by atoms with E-state index in [0.717, 1.165) is 18.7 Å². The van der Waals surface area contributed by atoms with Crippen LogP contribution >= 0.6 is 11.6 Å². The van der Waals surface area contributed by atoms with Gasteiger partial charge in [0.25, 0.3) is 5.91 Å². The lowest BCUT2D eigenvalue weighted by atomic mass is 10.1. The zero-order chi connectivity index (χ0) is 15.0. The molecule has 5 nitrogen and oxygen atoms in total. The summed E-state index contributed by atoms with van der Waals surface area (Å²) < 4.78 is 1.92. The van der Waals surface area contributed by atoms with E-state index in [-0.39, 0.29) is 11.9 Å². The normalized spacial score (nSPS) is 14.2. The molecule has 0 bridgehead atoms. The third kappa shape index (κ3) is 2.88. The molecule has 1 saturated carbocycles. The molecule has 1 aromatic heterocycles. The SMILES string of the molecule is Cn1ccnc1CN(C(=O)c1cc(Cl)ccc1N)C1CC1. The lowest BCUT2D eigenvalue weighted by Crippen LogP contribution is -2.34. The molecule has 2 aromatic rings. The van der Waals surface area contributed by atoms with Crippen molar-refractivity contribution in [3.05, 3.63) is 47.0 Å². The number of carbonyl (C=O) groups excluding carboxylic acids is 1. The fraction of sp³-hybridized carbons (Fsp3) is 0.333. The maximum absolute atomic E-state index is 12.8. The molecule has 0 radical (unpaired) electrons. The quantitative estimate of drug-likeness (QED) is 0.883. The second kappa shape index (κ2) is 5.41. The molecule has 0 saturated heterocycles. The topological polar surface area (TPSA) is 64.2 Å². The smallest absolute Gasteiger partial charge is 0.256 e. The molecule has 110 valence electrons. The summed E-state index contributed by atoms with van der Waals surface area (Å²) in [6.07, 6.45) is 5.66. The molecule has 1 fully saturated rings. The molecule has 1 aliphatic rings. The van der Waals surface area contributed by atoms with Crippen LogP contribution in [0.5, 0.6) is 0 Å². The summed E-state index contributed by atoms with van der Waals surface area (Å²) in [5.74, 6) is 0.774. The van der Waals surface area contributed by atoms with Gasteiger partial charge in [-0.25, -0.2) is 4.98 Å². The van der Waals surface area contributed by atoms with Gasteiger partial charge in [-0.1, -0.05) is 11.6 Å². The minimum Gasteiger partial charge on any atom is -0.398 e. The molecule has 1 aromatic carbocycles. The summed E-state index contributed by atoms with van der Waals surface area (Å²) in [5.41, 5.74) is 6.84. The number of rotatable bonds is 4. The Morgan fingerprint density at radius 2 is 2.29 bits per heavy atom. The average Bonchev–Trinajstić information content (AvgIpc) is 3.22. The number of amides is 1. The number of nitrogen functional groups attached to an aromatic ring is 1. The first-order chi connectivity index (χ1) is 10.1. The van der Waals surface area contributed by atoms with Crippen molar-refractivity contribution in [2.75, 3.05) is 5.73 Å². The molecule has 1 heterocycles. The molecule has 3 rings (SSSR count). The van der Waals surface area contributed by atoms with E-state index in [4.69, 9.17) is 17.3 Å². The van der Waals surface area contributed by atoms with Crippen molar-refractivity contribution in [3.8, 4) is 0 Å². The summed E-state index contributed by atoms with van der Waals surface area (Å²) in [5, 5.41) is 0.514. The van der Waals surface area contributed by atoms with Crippen LogP contribution in [0.4, 0.5) is 5.69 Å². The molecule has 6 heteroatoms. The first-order valence-corrected chi connectivity index (χ1v) is 7.26. The Kier molecular flexibility index (Phi) is 3.59. The first-order valence-electron chi connectivity index (χ1n) is 6.88. The van der Waals surface area contributed by atoms with Gasteiger partial charge < -0.3 is 15.2 Å². The van der Waals surface area contributed by atoms with E-state index in [1.165, 1.54) is 0 Å². The highest BCUT2D eigenvalue weighted by atomic mass is 35.5. The van der Waals surface area contributed by atoms with Crippen LogP contribution in [0.1, 0.15) is 29.0 Å². The van der Waals surface area contributed by atoms with Crippen molar-refractivity contribution in [1.29, 1.82) is 0 Å². The van der Waals surface area contributed by atoms with Gasteiger partial charge in [0, 0.05) is 36.2 Å². The standard InChI is InChI=1S/C15H17ClN4O/c1-19-7-6-18-14(19)9-20(11-3-4-11)15(21)12-8-10(16)2-5-13(12)17/h2,5-8,11H,3-4,9,17H2,1H3. The second-order valence-electron chi connectivity index (χ2n) is 5.35. The fourth-order valence-corrected chi connectivity index (χ4v) is 2.49. The van der Waals surface area contributed by atoms with Crippen molar-refractivity contribution < 1.29 is 4.79 Å². The molecule has 0 spiro atoms. The summed E-state index contributed by atoms with van der Waals surface area (Å²) in [6, 6.07) is 5.26. The highest BCUT2D eigenvalue weighted by Crippen LogP contribution is 2.31.